The van der Waals surface area contributed by atoms with Gasteiger partial charge in [0.25, 0.3) is 10.0 Å². The van der Waals surface area contributed by atoms with Crippen LogP contribution in [0.4, 0.5) is 11.4 Å². The number of nitrogens with one attached hydrogen (secondary N) is 2. The zero-order valence-corrected chi connectivity index (χ0v) is 13.9. The van der Waals surface area contributed by atoms with Crippen molar-refractivity contribution in [1.82, 2.24) is 9.55 Å². The number of nitrogens with zero attached hydrogens (tertiary/aromatic N) is 2. The van der Waals surface area contributed by atoms with Crippen molar-refractivity contribution >= 4 is 38.9 Å². The molecule has 122 valence electrons. The molecule has 0 atom stereocenters. The number of hydrogen-bond donors (Lipinski definition) is 2. The monoisotopic (exact) mass is 354 g/mol. The van der Waals surface area contributed by atoms with E-state index < -0.39 is 10.0 Å². The van der Waals surface area contributed by atoms with Crippen LogP contribution in [0.5, 0.6) is 0 Å². The summed E-state index contributed by atoms with van der Waals surface area (Å²) in [5.74, 6) is 0.0282. The quantitative estimate of drug-likeness (QED) is 0.861. The van der Waals surface area contributed by atoms with Gasteiger partial charge in [-0.05, 0) is 31.0 Å². The Morgan fingerprint density at radius 2 is 2.04 bits per heavy atom. The van der Waals surface area contributed by atoms with Crippen molar-refractivity contribution in [2.75, 3.05) is 10.0 Å². The number of imidazole rings is 1. The zero-order chi connectivity index (χ0) is 16.6. The molecule has 1 saturated carbocycles. The van der Waals surface area contributed by atoms with Crippen molar-refractivity contribution in [2.45, 2.75) is 17.9 Å². The normalized spacial score (nSPS) is 14.5. The number of rotatable bonds is 5. The van der Waals surface area contributed by atoms with Gasteiger partial charge in [0.2, 0.25) is 10.9 Å². The third kappa shape index (κ3) is 3.48. The molecule has 0 unspecified atom stereocenters. The van der Waals surface area contributed by atoms with Crippen LogP contribution in [0.1, 0.15) is 12.8 Å². The summed E-state index contributed by atoms with van der Waals surface area (Å²) in [6, 6.07) is 6.49. The van der Waals surface area contributed by atoms with Gasteiger partial charge in [0.05, 0.1) is 12.0 Å². The van der Waals surface area contributed by atoms with Crippen LogP contribution in [-0.2, 0) is 21.9 Å². The molecule has 1 aliphatic rings. The molecule has 7 nitrogen and oxygen atoms in total. The third-order valence-corrected chi connectivity index (χ3v) is 5.29. The van der Waals surface area contributed by atoms with Crippen molar-refractivity contribution in [2.24, 2.45) is 13.0 Å². The van der Waals surface area contributed by atoms with Crippen molar-refractivity contribution in [1.29, 1.82) is 0 Å². The number of sulfonamides is 1. The molecule has 0 bridgehead atoms. The largest absolute Gasteiger partial charge is 0.326 e. The van der Waals surface area contributed by atoms with Gasteiger partial charge >= 0.3 is 0 Å². The van der Waals surface area contributed by atoms with Gasteiger partial charge in [-0.2, -0.15) is 8.42 Å². The Kier molecular flexibility index (Phi) is 4.03. The second-order valence-corrected chi connectivity index (χ2v) is 7.36. The fourth-order valence-corrected chi connectivity index (χ4v) is 3.51. The Morgan fingerprint density at radius 3 is 2.65 bits per heavy atom. The van der Waals surface area contributed by atoms with Crippen LogP contribution < -0.4 is 10.0 Å². The van der Waals surface area contributed by atoms with Crippen LogP contribution in [-0.4, -0.2) is 23.9 Å². The molecule has 1 aromatic carbocycles. The second kappa shape index (κ2) is 5.86. The van der Waals surface area contributed by atoms with Gasteiger partial charge in [-0.3, -0.25) is 9.52 Å². The lowest BCUT2D eigenvalue weighted by Crippen LogP contribution is -2.15. The fourth-order valence-electron chi connectivity index (χ4n) is 2.03. The van der Waals surface area contributed by atoms with Gasteiger partial charge in [0.1, 0.15) is 5.15 Å². The maximum Gasteiger partial charge on any atom is 0.282 e. The highest BCUT2D eigenvalue weighted by molar-refractivity contribution is 7.92. The lowest BCUT2D eigenvalue weighted by molar-refractivity contribution is -0.117. The molecule has 23 heavy (non-hydrogen) atoms. The number of halogens is 1. The van der Waals surface area contributed by atoms with E-state index in [9.17, 15) is 13.2 Å². The van der Waals surface area contributed by atoms with E-state index in [1.54, 1.807) is 31.3 Å². The molecule has 0 radical (unpaired) electrons. The van der Waals surface area contributed by atoms with Crippen LogP contribution in [0.25, 0.3) is 0 Å². The highest BCUT2D eigenvalue weighted by Gasteiger charge is 2.29. The SMILES string of the molecule is Cn1cnc(S(=O)(=O)Nc2cccc(NC(=O)C3CC3)c2)c1Cl. The predicted octanol–water partition coefficient (Wildman–Crippen LogP) is 2.22. The zero-order valence-electron chi connectivity index (χ0n) is 12.3. The van der Waals surface area contributed by atoms with Gasteiger partial charge in [-0.15, -0.1) is 0 Å². The highest BCUT2D eigenvalue weighted by atomic mass is 35.5. The summed E-state index contributed by atoms with van der Waals surface area (Å²) in [6.45, 7) is 0. The van der Waals surface area contributed by atoms with E-state index in [1.165, 1.54) is 10.9 Å². The molecular weight excluding hydrogens is 340 g/mol. The van der Waals surface area contributed by atoms with Crippen LogP contribution in [0.2, 0.25) is 5.15 Å². The van der Waals surface area contributed by atoms with E-state index in [2.05, 4.69) is 15.0 Å². The van der Waals surface area contributed by atoms with Crippen LogP contribution in [0.15, 0.2) is 35.6 Å². The molecule has 1 aromatic heterocycles. The Morgan fingerprint density at radius 1 is 1.35 bits per heavy atom. The van der Waals surface area contributed by atoms with Crippen molar-refractivity contribution in [3.05, 3.63) is 35.7 Å². The number of benzene rings is 1. The summed E-state index contributed by atoms with van der Waals surface area (Å²) >= 11 is 5.93. The number of anilines is 2. The van der Waals surface area contributed by atoms with Gasteiger partial charge in [0.15, 0.2) is 0 Å². The summed E-state index contributed by atoms with van der Waals surface area (Å²) in [6.07, 6.45) is 3.12. The number of carbonyl (C=O) groups excluding carboxylic acids is 1. The van der Waals surface area contributed by atoms with Crippen molar-refractivity contribution in [3.63, 3.8) is 0 Å². The topological polar surface area (TPSA) is 93.1 Å². The van der Waals surface area contributed by atoms with Crippen LogP contribution >= 0.6 is 11.6 Å². The number of aromatic nitrogens is 2. The van der Waals surface area contributed by atoms with E-state index in [1.807, 2.05) is 0 Å². The number of amides is 1. The Hall–Kier alpha value is -2.06. The minimum Gasteiger partial charge on any atom is -0.326 e. The molecule has 9 heteroatoms. The summed E-state index contributed by atoms with van der Waals surface area (Å²) < 4.78 is 28.5. The summed E-state index contributed by atoms with van der Waals surface area (Å²) in [7, 11) is -2.30. The maximum absolute atomic E-state index is 12.3. The number of hydrogen-bond acceptors (Lipinski definition) is 4. The molecule has 1 heterocycles. The second-order valence-electron chi connectivity index (χ2n) is 5.40. The highest BCUT2D eigenvalue weighted by Crippen LogP contribution is 2.30. The average Bonchev–Trinajstić information content (AvgIpc) is 3.26. The Labute approximate surface area is 138 Å². The Bertz CT molecular complexity index is 859. The summed E-state index contributed by atoms with van der Waals surface area (Å²) in [5.41, 5.74) is 0.856. The molecule has 1 fully saturated rings. The lowest BCUT2D eigenvalue weighted by Gasteiger charge is -2.09. The maximum atomic E-state index is 12.3. The standard InChI is InChI=1S/C14H15ClN4O3S/c1-19-8-16-14(12(19)15)23(21,22)18-11-4-2-3-10(7-11)17-13(20)9-5-6-9/h2-4,7-9,18H,5-6H2,1H3,(H,17,20). The van der Waals surface area contributed by atoms with E-state index in [0.717, 1.165) is 12.8 Å². The molecule has 2 aromatic rings. The van der Waals surface area contributed by atoms with Gasteiger partial charge < -0.3 is 9.88 Å². The summed E-state index contributed by atoms with van der Waals surface area (Å²) in [5, 5.41) is 2.55. The van der Waals surface area contributed by atoms with Crippen LogP contribution in [0, 0.1) is 5.92 Å². The average molecular weight is 355 g/mol. The molecular formula is C14H15ClN4O3S. The van der Waals surface area contributed by atoms with Crippen molar-refractivity contribution in [3.8, 4) is 0 Å². The predicted molar refractivity (Wildman–Crippen MR) is 86.8 cm³/mol. The first kappa shape index (κ1) is 15.8. The molecule has 0 aliphatic heterocycles. The van der Waals surface area contributed by atoms with Crippen molar-refractivity contribution < 1.29 is 13.2 Å². The Balaban J connectivity index is 1.79. The third-order valence-electron chi connectivity index (χ3n) is 3.42. The number of carbonyl (C=O) groups is 1. The first-order valence-electron chi connectivity index (χ1n) is 6.97. The minimum absolute atomic E-state index is 0.0238. The molecule has 2 N–H and O–H groups in total. The van der Waals surface area contributed by atoms with E-state index in [-0.39, 0.29) is 22.0 Å². The molecule has 1 amide bonds. The molecule has 0 spiro atoms. The van der Waals surface area contributed by atoms with Gasteiger partial charge in [0, 0.05) is 18.7 Å². The van der Waals surface area contributed by atoms with Crippen LogP contribution in [0.3, 0.4) is 0 Å². The van der Waals surface area contributed by atoms with Gasteiger partial charge in [-0.25, -0.2) is 4.98 Å². The first-order chi connectivity index (χ1) is 10.9. The lowest BCUT2D eigenvalue weighted by atomic mass is 10.2. The smallest absolute Gasteiger partial charge is 0.282 e. The van der Waals surface area contributed by atoms with E-state index >= 15 is 0 Å². The van der Waals surface area contributed by atoms with Gasteiger partial charge in [-0.1, -0.05) is 17.7 Å². The first-order valence-corrected chi connectivity index (χ1v) is 8.83. The number of aryl methyl sites for hydroxylation is 1. The minimum atomic E-state index is -3.90. The van der Waals surface area contributed by atoms with E-state index in [0.29, 0.717) is 11.4 Å². The molecule has 3 rings (SSSR count). The molecule has 1 aliphatic carbocycles. The fraction of sp³-hybridized carbons (Fsp3) is 0.286. The van der Waals surface area contributed by atoms with E-state index in [4.69, 9.17) is 11.6 Å². The molecule has 0 saturated heterocycles. The summed E-state index contributed by atoms with van der Waals surface area (Å²) in [4.78, 5) is 15.6.